The van der Waals surface area contributed by atoms with Gasteiger partial charge in [0.25, 0.3) is 0 Å². The first-order valence-corrected chi connectivity index (χ1v) is 7.50. The van der Waals surface area contributed by atoms with Crippen molar-refractivity contribution in [3.05, 3.63) is 11.1 Å². The molecular formula is C13H23N3S. The molecule has 0 aromatic carbocycles. The van der Waals surface area contributed by atoms with Crippen molar-refractivity contribution in [1.29, 1.82) is 0 Å². The molecule has 1 aromatic heterocycles. The van der Waals surface area contributed by atoms with Crippen molar-refractivity contribution in [2.24, 2.45) is 5.92 Å². The lowest BCUT2D eigenvalue weighted by Crippen LogP contribution is -2.29. The van der Waals surface area contributed by atoms with E-state index in [9.17, 15) is 0 Å². The second-order valence-electron chi connectivity index (χ2n) is 5.18. The molecule has 0 atom stereocenters. The van der Waals surface area contributed by atoms with Crippen LogP contribution in [0.4, 0.5) is 5.13 Å². The van der Waals surface area contributed by atoms with Crippen molar-refractivity contribution < 1.29 is 0 Å². The van der Waals surface area contributed by atoms with Crippen LogP contribution in [-0.2, 0) is 6.54 Å². The van der Waals surface area contributed by atoms with E-state index in [0.29, 0.717) is 5.92 Å². The average molecular weight is 253 g/mol. The van der Waals surface area contributed by atoms with Gasteiger partial charge in [-0.05, 0) is 25.3 Å². The number of hydrogen-bond donors (Lipinski definition) is 1. The van der Waals surface area contributed by atoms with Crippen LogP contribution in [0.3, 0.4) is 0 Å². The van der Waals surface area contributed by atoms with Gasteiger partial charge in [-0.25, -0.2) is 4.98 Å². The molecule has 1 saturated carbocycles. The number of rotatable bonds is 7. The van der Waals surface area contributed by atoms with E-state index in [0.717, 1.165) is 25.7 Å². The fourth-order valence-electron chi connectivity index (χ4n) is 1.93. The summed E-state index contributed by atoms with van der Waals surface area (Å²) in [5.74, 6) is 0.705. The molecule has 1 aliphatic rings. The van der Waals surface area contributed by atoms with Crippen LogP contribution in [0.15, 0.2) is 5.38 Å². The Morgan fingerprint density at radius 3 is 2.88 bits per heavy atom. The summed E-state index contributed by atoms with van der Waals surface area (Å²) in [7, 11) is 0. The van der Waals surface area contributed by atoms with Crippen LogP contribution in [-0.4, -0.2) is 24.1 Å². The number of nitrogens with zero attached hydrogens (tertiary/aromatic N) is 2. The first-order chi connectivity index (χ1) is 8.20. The van der Waals surface area contributed by atoms with Crippen LogP contribution in [0.25, 0.3) is 0 Å². The lowest BCUT2D eigenvalue weighted by atomic mass is 10.2. The highest BCUT2D eigenvalue weighted by atomic mass is 32.1. The van der Waals surface area contributed by atoms with E-state index in [-0.39, 0.29) is 0 Å². The summed E-state index contributed by atoms with van der Waals surface area (Å²) in [6.07, 6.45) is 2.68. The van der Waals surface area contributed by atoms with Crippen molar-refractivity contribution in [3.8, 4) is 0 Å². The van der Waals surface area contributed by atoms with Gasteiger partial charge in [0.15, 0.2) is 5.13 Å². The van der Waals surface area contributed by atoms with Gasteiger partial charge in [-0.3, -0.25) is 0 Å². The monoisotopic (exact) mass is 253 g/mol. The minimum absolute atomic E-state index is 0.705. The van der Waals surface area contributed by atoms with E-state index < -0.39 is 0 Å². The highest BCUT2D eigenvalue weighted by molar-refractivity contribution is 7.13. The number of aromatic nitrogens is 1. The lowest BCUT2D eigenvalue weighted by Gasteiger charge is -2.23. The van der Waals surface area contributed by atoms with Gasteiger partial charge in [0.1, 0.15) is 0 Å². The first kappa shape index (κ1) is 12.8. The Hall–Kier alpha value is -0.610. The predicted octanol–water partition coefficient (Wildman–Crippen LogP) is 2.88. The Morgan fingerprint density at radius 2 is 2.29 bits per heavy atom. The zero-order valence-electron chi connectivity index (χ0n) is 11.1. The molecule has 3 nitrogen and oxygen atoms in total. The normalized spacial score (nSPS) is 15.5. The van der Waals surface area contributed by atoms with Crippen molar-refractivity contribution in [2.45, 2.75) is 46.2 Å². The van der Waals surface area contributed by atoms with Crippen LogP contribution in [0.1, 0.15) is 39.3 Å². The summed E-state index contributed by atoms with van der Waals surface area (Å²) in [4.78, 5) is 7.25. The van der Waals surface area contributed by atoms with Crippen LogP contribution >= 0.6 is 11.3 Å². The van der Waals surface area contributed by atoms with Gasteiger partial charge in [-0.15, -0.1) is 11.3 Å². The lowest BCUT2D eigenvalue weighted by molar-refractivity contribution is 0.605. The zero-order chi connectivity index (χ0) is 12.3. The minimum Gasteiger partial charge on any atom is -0.345 e. The van der Waals surface area contributed by atoms with Gasteiger partial charge < -0.3 is 10.2 Å². The van der Waals surface area contributed by atoms with Gasteiger partial charge in [0.2, 0.25) is 0 Å². The van der Waals surface area contributed by atoms with E-state index in [1.54, 1.807) is 11.3 Å². The standard InChI is InChI=1S/C13H23N3S/c1-4-14-7-11-9-17-13(15-11)16(8-10(2)3)12-5-6-12/h9-10,12,14H,4-8H2,1-3H3. The predicted molar refractivity (Wildman–Crippen MR) is 74.7 cm³/mol. The molecular weight excluding hydrogens is 230 g/mol. The first-order valence-electron chi connectivity index (χ1n) is 6.62. The maximum atomic E-state index is 4.74. The highest BCUT2D eigenvalue weighted by Crippen LogP contribution is 2.34. The van der Waals surface area contributed by atoms with Gasteiger partial charge in [-0.2, -0.15) is 0 Å². The van der Waals surface area contributed by atoms with Crippen molar-refractivity contribution in [1.82, 2.24) is 10.3 Å². The Morgan fingerprint density at radius 1 is 1.53 bits per heavy atom. The smallest absolute Gasteiger partial charge is 0.185 e. The summed E-state index contributed by atoms with van der Waals surface area (Å²) < 4.78 is 0. The molecule has 96 valence electrons. The van der Waals surface area contributed by atoms with Gasteiger partial charge in [0, 0.05) is 24.5 Å². The minimum atomic E-state index is 0.705. The van der Waals surface area contributed by atoms with Crippen LogP contribution in [0.2, 0.25) is 0 Å². The van der Waals surface area contributed by atoms with Crippen LogP contribution in [0, 0.1) is 5.92 Å². The molecule has 0 bridgehead atoms. The molecule has 0 radical (unpaired) electrons. The molecule has 1 heterocycles. The summed E-state index contributed by atoms with van der Waals surface area (Å²) >= 11 is 1.79. The third kappa shape index (κ3) is 3.68. The molecule has 0 aliphatic heterocycles. The maximum absolute atomic E-state index is 4.74. The van der Waals surface area contributed by atoms with E-state index in [1.165, 1.54) is 23.7 Å². The molecule has 0 saturated heterocycles. The molecule has 1 aliphatic carbocycles. The SMILES string of the molecule is CCNCc1csc(N(CC(C)C)C2CC2)n1. The topological polar surface area (TPSA) is 28.2 Å². The van der Waals surface area contributed by atoms with E-state index in [2.05, 4.69) is 36.4 Å². The summed E-state index contributed by atoms with van der Waals surface area (Å²) in [6, 6.07) is 0.760. The molecule has 0 unspecified atom stereocenters. The third-order valence-corrected chi connectivity index (χ3v) is 3.82. The molecule has 0 spiro atoms. The average Bonchev–Trinajstić information content (AvgIpc) is 3.02. The highest BCUT2D eigenvalue weighted by Gasteiger charge is 2.31. The fraction of sp³-hybridized carbons (Fsp3) is 0.769. The van der Waals surface area contributed by atoms with Gasteiger partial charge in [-0.1, -0.05) is 20.8 Å². The second-order valence-corrected chi connectivity index (χ2v) is 6.02. The summed E-state index contributed by atoms with van der Waals surface area (Å²) in [5, 5.41) is 6.73. The van der Waals surface area contributed by atoms with E-state index in [4.69, 9.17) is 4.98 Å². The molecule has 1 fully saturated rings. The van der Waals surface area contributed by atoms with E-state index >= 15 is 0 Å². The molecule has 1 N–H and O–H groups in total. The van der Waals surface area contributed by atoms with Crippen LogP contribution < -0.4 is 10.2 Å². The summed E-state index contributed by atoms with van der Waals surface area (Å²) in [5.41, 5.74) is 1.18. The molecule has 1 aromatic rings. The van der Waals surface area contributed by atoms with Crippen molar-refractivity contribution in [3.63, 3.8) is 0 Å². The van der Waals surface area contributed by atoms with Crippen molar-refractivity contribution >= 4 is 16.5 Å². The van der Waals surface area contributed by atoms with E-state index in [1.807, 2.05) is 0 Å². The third-order valence-electron chi connectivity index (χ3n) is 2.89. The fourth-order valence-corrected chi connectivity index (χ4v) is 2.83. The Balaban J connectivity index is 1.99. The quantitative estimate of drug-likeness (QED) is 0.810. The number of thiazole rings is 1. The van der Waals surface area contributed by atoms with Gasteiger partial charge in [0.05, 0.1) is 5.69 Å². The molecule has 4 heteroatoms. The largest absolute Gasteiger partial charge is 0.345 e. The Labute approximate surface area is 108 Å². The maximum Gasteiger partial charge on any atom is 0.185 e. The van der Waals surface area contributed by atoms with Gasteiger partial charge >= 0.3 is 0 Å². The Kier molecular flexibility index (Phi) is 4.40. The molecule has 0 amide bonds. The zero-order valence-corrected chi connectivity index (χ0v) is 11.9. The second kappa shape index (κ2) is 5.83. The summed E-state index contributed by atoms with van der Waals surface area (Å²) in [6.45, 7) is 9.73. The van der Waals surface area contributed by atoms with Crippen molar-refractivity contribution in [2.75, 3.05) is 18.0 Å². The van der Waals surface area contributed by atoms with Crippen LogP contribution in [0.5, 0.6) is 0 Å². The Bertz CT molecular complexity index is 344. The molecule has 2 rings (SSSR count). The number of nitrogens with one attached hydrogen (secondary N) is 1. The number of anilines is 1. The molecule has 17 heavy (non-hydrogen) atoms. The number of hydrogen-bond acceptors (Lipinski definition) is 4.